The summed E-state index contributed by atoms with van der Waals surface area (Å²) < 4.78 is 0. The average Bonchev–Trinajstić information content (AvgIpc) is 3.19. The molecule has 0 aliphatic heterocycles. The van der Waals surface area contributed by atoms with Gasteiger partial charge in [-0.05, 0) is 31.4 Å². The lowest BCUT2D eigenvalue weighted by molar-refractivity contribution is 0.0955. The Morgan fingerprint density at radius 1 is 1.48 bits per heavy atom. The van der Waals surface area contributed by atoms with Crippen LogP contribution in [0.25, 0.3) is 0 Å². The van der Waals surface area contributed by atoms with Gasteiger partial charge in [0.05, 0.1) is 0 Å². The number of rotatable bonds is 5. The van der Waals surface area contributed by atoms with Crippen LogP contribution in [0, 0.1) is 6.92 Å². The Kier molecular flexibility index (Phi) is 3.74. The van der Waals surface area contributed by atoms with Gasteiger partial charge < -0.3 is 16.4 Å². The molecule has 110 valence electrons. The highest BCUT2D eigenvalue weighted by molar-refractivity contribution is 7.18. The third kappa shape index (κ3) is 3.49. The maximum absolute atomic E-state index is 12.2. The molecule has 21 heavy (non-hydrogen) atoms. The molecule has 0 atom stereocenters. The Morgan fingerprint density at radius 3 is 2.95 bits per heavy atom. The molecule has 1 fully saturated rings. The Morgan fingerprint density at radius 2 is 2.29 bits per heavy atom. The van der Waals surface area contributed by atoms with E-state index in [-0.39, 0.29) is 11.7 Å². The normalized spacial score (nSPS) is 14.0. The number of hydrogen-bond donors (Lipinski definition) is 3. The molecule has 2 aromatic rings. The van der Waals surface area contributed by atoms with Crippen molar-refractivity contribution in [3.8, 4) is 0 Å². The van der Waals surface area contributed by atoms with E-state index < -0.39 is 0 Å². The molecule has 0 spiro atoms. The molecule has 0 radical (unpaired) electrons. The fourth-order valence-corrected chi connectivity index (χ4v) is 2.70. The first-order chi connectivity index (χ1) is 10.1. The van der Waals surface area contributed by atoms with Crippen molar-refractivity contribution in [3.05, 3.63) is 34.5 Å². The van der Waals surface area contributed by atoms with Crippen LogP contribution in [-0.4, -0.2) is 21.9 Å². The van der Waals surface area contributed by atoms with Gasteiger partial charge in [0.25, 0.3) is 5.91 Å². The lowest BCUT2D eigenvalue weighted by Crippen LogP contribution is -2.22. The van der Waals surface area contributed by atoms with Crippen LogP contribution in [0.4, 0.5) is 10.9 Å². The molecular weight excluding hydrogens is 286 g/mol. The summed E-state index contributed by atoms with van der Waals surface area (Å²) in [5, 5.41) is 6.81. The highest BCUT2D eigenvalue weighted by Crippen LogP contribution is 2.30. The molecule has 3 rings (SSSR count). The van der Waals surface area contributed by atoms with Gasteiger partial charge in [0, 0.05) is 24.5 Å². The Bertz CT molecular complexity index is 648. The van der Waals surface area contributed by atoms with Crippen LogP contribution >= 0.6 is 11.3 Å². The topological polar surface area (TPSA) is 92.9 Å². The maximum Gasteiger partial charge on any atom is 0.265 e. The van der Waals surface area contributed by atoms with E-state index in [0.29, 0.717) is 17.5 Å². The van der Waals surface area contributed by atoms with Gasteiger partial charge in [-0.1, -0.05) is 17.4 Å². The Hall–Kier alpha value is -2.15. The summed E-state index contributed by atoms with van der Waals surface area (Å²) >= 11 is 1.30. The predicted molar refractivity (Wildman–Crippen MR) is 83.3 cm³/mol. The molecule has 0 unspecified atom stereocenters. The molecule has 1 amide bonds. The standard InChI is InChI=1S/C14H17N5OS/c1-8-2-3-9(6-16-8)7-17-13(20)11-12(15)19-14(21-11)18-10-4-5-10/h2-3,6,10H,4-5,7,15H2,1H3,(H,17,20)(H,18,19). The largest absolute Gasteiger partial charge is 0.382 e. The number of carbonyl (C=O) groups excluding carboxylic acids is 1. The summed E-state index contributed by atoms with van der Waals surface area (Å²) in [6.45, 7) is 2.35. The number of amides is 1. The van der Waals surface area contributed by atoms with Gasteiger partial charge >= 0.3 is 0 Å². The molecule has 2 aromatic heterocycles. The van der Waals surface area contributed by atoms with Gasteiger partial charge in [0.2, 0.25) is 0 Å². The maximum atomic E-state index is 12.2. The summed E-state index contributed by atoms with van der Waals surface area (Å²) in [6, 6.07) is 4.35. The number of pyridine rings is 1. The third-order valence-corrected chi connectivity index (χ3v) is 4.19. The minimum absolute atomic E-state index is 0.200. The lowest BCUT2D eigenvalue weighted by Gasteiger charge is -2.04. The molecule has 0 saturated heterocycles. The van der Waals surface area contributed by atoms with Crippen LogP contribution in [0.15, 0.2) is 18.3 Å². The van der Waals surface area contributed by atoms with Gasteiger partial charge in [-0.25, -0.2) is 4.98 Å². The number of aryl methyl sites for hydroxylation is 1. The molecule has 0 bridgehead atoms. The van der Waals surface area contributed by atoms with Crippen molar-refractivity contribution >= 4 is 28.2 Å². The predicted octanol–water partition coefficient (Wildman–Crippen LogP) is 1.93. The van der Waals surface area contributed by atoms with E-state index in [0.717, 1.165) is 29.2 Å². The minimum Gasteiger partial charge on any atom is -0.382 e. The number of carbonyl (C=O) groups is 1. The average molecular weight is 303 g/mol. The highest BCUT2D eigenvalue weighted by Gasteiger charge is 2.24. The quantitative estimate of drug-likeness (QED) is 0.785. The smallest absolute Gasteiger partial charge is 0.265 e. The van der Waals surface area contributed by atoms with Crippen molar-refractivity contribution in [2.75, 3.05) is 11.1 Å². The lowest BCUT2D eigenvalue weighted by atomic mass is 10.2. The van der Waals surface area contributed by atoms with Crippen LogP contribution in [-0.2, 0) is 6.54 Å². The SMILES string of the molecule is Cc1ccc(CNC(=O)c2sc(NC3CC3)nc2N)cn1. The van der Waals surface area contributed by atoms with Gasteiger partial charge in [-0.2, -0.15) is 0 Å². The first-order valence-corrected chi connectivity index (χ1v) is 7.66. The molecule has 2 heterocycles. The second-order valence-electron chi connectivity index (χ2n) is 5.14. The van der Waals surface area contributed by atoms with Gasteiger partial charge in [-0.3, -0.25) is 9.78 Å². The van der Waals surface area contributed by atoms with Crippen molar-refractivity contribution in [2.24, 2.45) is 0 Å². The van der Waals surface area contributed by atoms with Crippen LogP contribution < -0.4 is 16.4 Å². The second-order valence-corrected chi connectivity index (χ2v) is 6.14. The first-order valence-electron chi connectivity index (χ1n) is 6.84. The van der Waals surface area contributed by atoms with E-state index in [9.17, 15) is 4.79 Å². The number of anilines is 2. The molecule has 4 N–H and O–H groups in total. The number of thiazole rings is 1. The molecule has 1 aliphatic carbocycles. The number of nitrogens with one attached hydrogen (secondary N) is 2. The molecule has 7 heteroatoms. The summed E-state index contributed by atoms with van der Waals surface area (Å²) in [6.07, 6.45) is 4.06. The summed E-state index contributed by atoms with van der Waals surface area (Å²) in [7, 11) is 0. The van der Waals surface area contributed by atoms with Crippen LogP contribution in [0.2, 0.25) is 0 Å². The first kappa shape index (κ1) is 13.8. The molecule has 0 aromatic carbocycles. The van der Waals surface area contributed by atoms with Gasteiger partial charge in [-0.15, -0.1) is 0 Å². The van der Waals surface area contributed by atoms with E-state index in [2.05, 4.69) is 20.6 Å². The zero-order chi connectivity index (χ0) is 14.8. The fourth-order valence-electron chi connectivity index (χ4n) is 1.82. The molecule has 1 saturated carbocycles. The zero-order valence-corrected chi connectivity index (χ0v) is 12.5. The third-order valence-electron chi connectivity index (χ3n) is 3.19. The molecule has 6 nitrogen and oxygen atoms in total. The number of nitrogens with two attached hydrogens (primary N) is 1. The van der Waals surface area contributed by atoms with Crippen LogP contribution in [0.3, 0.4) is 0 Å². The number of aromatic nitrogens is 2. The second kappa shape index (κ2) is 5.69. The number of nitrogens with zero attached hydrogens (tertiary/aromatic N) is 2. The van der Waals surface area contributed by atoms with Crippen LogP contribution in [0.1, 0.15) is 33.8 Å². The van der Waals surface area contributed by atoms with Gasteiger partial charge in [0.1, 0.15) is 10.7 Å². The van der Waals surface area contributed by atoms with Gasteiger partial charge in [0.15, 0.2) is 5.13 Å². The van der Waals surface area contributed by atoms with E-state index >= 15 is 0 Å². The van der Waals surface area contributed by atoms with E-state index in [1.54, 1.807) is 6.20 Å². The Labute approximate surface area is 126 Å². The van der Waals surface area contributed by atoms with Crippen LogP contribution in [0.5, 0.6) is 0 Å². The summed E-state index contributed by atoms with van der Waals surface area (Å²) in [5.74, 6) is 0.0807. The van der Waals surface area contributed by atoms with Crippen molar-refractivity contribution in [1.82, 2.24) is 15.3 Å². The minimum atomic E-state index is -0.200. The van der Waals surface area contributed by atoms with Crippen molar-refractivity contribution in [3.63, 3.8) is 0 Å². The summed E-state index contributed by atoms with van der Waals surface area (Å²) in [4.78, 5) is 21.0. The van der Waals surface area contributed by atoms with Crippen molar-refractivity contribution in [2.45, 2.75) is 32.4 Å². The van der Waals surface area contributed by atoms with Crippen molar-refractivity contribution in [1.29, 1.82) is 0 Å². The van der Waals surface area contributed by atoms with E-state index in [4.69, 9.17) is 5.73 Å². The Balaban J connectivity index is 1.61. The monoisotopic (exact) mass is 303 g/mol. The van der Waals surface area contributed by atoms with Crippen molar-refractivity contribution < 1.29 is 4.79 Å². The molecular formula is C14H17N5OS. The highest BCUT2D eigenvalue weighted by atomic mass is 32.1. The fraction of sp³-hybridized carbons (Fsp3) is 0.357. The van der Waals surface area contributed by atoms with E-state index in [1.165, 1.54) is 11.3 Å². The zero-order valence-electron chi connectivity index (χ0n) is 11.7. The number of nitrogen functional groups attached to an aromatic ring is 1. The van der Waals surface area contributed by atoms with E-state index in [1.807, 2.05) is 19.1 Å². The molecule has 1 aliphatic rings. The summed E-state index contributed by atoms with van der Waals surface area (Å²) in [5.41, 5.74) is 7.72. The number of hydrogen-bond acceptors (Lipinski definition) is 6.